The summed E-state index contributed by atoms with van der Waals surface area (Å²) >= 11 is 6.05. The minimum atomic E-state index is -0.294. The van der Waals surface area contributed by atoms with Gasteiger partial charge >= 0.3 is 0 Å². The van der Waals surface area contributed by atoms with Crippen molar-refractivity contribution in [3.05, 3.63) is 58.8 Å². The lowest BCUT2D eigenvalue weighted by Crippen LogP contribution is -2.06. The third-order valence-corrected chi connectivity index (χ3v) is 3.16. The molecular weight excluding hydrogens is 264 g/mol. The zero-order chi connectivity index (χ0) is 13.4. The van der Waals surface area contributed by atoms with E-state index < -0.39 is 0 Å². The fourth-order valence-corrected chi connectivity index (χ4v) is 2.10. The fraction of sp³-hybridized carbons (Fsp3) is 0.0714. The first-order valence-corrected chi connectivity index (χ1v) is 6.05. The zero-order valence-corrected chi connectivity index (χ0v) is 10.8. The van der Waals surface area contributed by atoms with E-state index in [-0.39, 0.29) is 17.2 Å². The molecule has 4 nitrogen and oxygen atoms in total. The summed E-state index contributed by atoms with van der Waals surface area (Å²) < 4.78 is 5.52. The maximum Gasteiger partial charge on any atom is 0.248 e. The Labute approximate surface area is 114 Å². The topological polar surface area (TPSA) is 56.0 Å². The number of hydrogen-bond acceptors (Lipinski definition) is 4. The number of carbonyl (C=O) groups is 1. The average molecular weight is 273 g/mol. The van der Waals surface area contributed by atoms with Crippen molar-refractivity contribution in [2.45, 2.75) is 6.92 Å². The summed E-state index contributed by atoms with van der Waals surface area (Å²) in [6.07, 6.45) is 3.03. The van der Waals surface area contributed by atoms with Gasteiger partial charge in [-0.1, -0.05) is 17.7 Å². The molecule has 0 saturated heterocycles. The molecule has 5 heteroatoms. The molecule has 0 unspecified atom stereocenters. The number of benzene rings is 1. The second kappa shape index (κ2) is 4.48. The van der Waals surface area contributed by atoms with E-state index in [2.05, 4.69) is 9.97 Å². The molecule has 0 aliphatic heterocycles. The van der Waals surface area contributed by atoms with Gasteiger partial charge in [0.2, 0.25) is 5.78 Å². The molecular formula is C14H9ClN2O2. The van der Waals surface area contributed by atoms with Gasteiger partial charge in [-0.3, -0.25) is 9.78 Å². The van der Waals surface area contributed by atoms with E-state index in [0.717, 1.165) is 0 Å². The minimum absolute atomic E-state index is 0.215. The van der Waals surface area contributed by atoms with Crippen LogP contribution in [0.4, 0.5) is 0 Å². The molecule has 0 saturated carbocycles. The van der Waals surface area contributed by atoms with Crippen LogP contribution in [0.5, 0.6) is 0 Å². The Bertz CT molecular complexity index is 780. The smallest absolute Gasteiger partial charge is 0.248 e. The van der Waals surface area contributed by atoms with Gasteiger partial charge in [-0.25, -0.2) is 4.98 Å². The van der Waals surface area contributed by atoms with Crippen molar-refractivity contribution >= 4 is 28.4 Å². The van der Waals surface area contributed by atoms with Crippen molar-refractivity contribution in [3.8, 4) is 0 Å². The van der Waals surface area contributed by atoms with Gasteiger partial charge in [-0.05, 0) is 25.1 Å². The van der Waals surface area contributed by atoms with Gasteiger partial charge in [-0.2, -0.15) is 0 Å². The van der Waals surface area contributed by atoms with Crippen molar-refractivity contribution < 1.29 is 9.21 Å². The van der Waals surface area contributed by atoms with Crippen molar-refractivity contribution in [2.24, 2.45) is 0 Å². The first-order valence-electron chi connectivity index (χ1n) is 5.67. The molecule has 0 aliphatic carbocycles. The molecule has 0 radical (unpaired) electrons. The van der Waals surface area contributed by atoms with Crippen LogP contribution in [-0.2, 0) is 0 Å². The van der Waals surface area contributed by atoms with E-state index in [9.17, 15) is 4.79 Å². The van der Waals surface area contributed by atoms with Crippen LogP contribution >= 0.6 is 11.6 Å². The van der Waals surface area contributed by atoms with Crippen LogP contribution in [-0.4, -0.2) is 15.8 Å². The number of nitrogens with zero attached hydrogens (tertiary/aromatic N) is 2. The number of hydrogen-bond donors (Lipinski definition) is 0. The van der Waals surface area contributed by atoms with Crippen LogP contribution in [0.3, 0.4) is 0 Å². The Morgan fingerprint density at radius 2 is 2.05 bits per heavy atom. The van der Waals surface area contributed by atoms with Crippen LogP contribution in [0, 0.1) is 6.92 Å². The number of aryl methyl sites for hydroxylation is 1. The van der Waals surface area contributed by atoms with Gasteiger partial charge in [-0.15, -0.1) is 0 Å². The maximum absolute atomic E-state index is 12.3. The van der Waals surface area contributed by atoms with E-state index in [0.29, 0.717) is 21.7 Å². The Morgan fingerprint density at radius 1 is 1.26 bits per heavy atom. The standard InChI is InChI=1S/C14H9ClN2O2/c1-8-13(17-6-5-16-8)14(18)12-7-9-10(15)3-2-4-11(9)19-12/h2-7H,1H3. The molecule has 19 heavy (non-hydrogen) atoms. The van der Waals surface area contributed by atoms with Crippen molar-refractivity contribution in [3.63, 3.8) is 0 Å². The monoisotopic (exact) mass is 272 g/mol. The number of fused-ring (bicyclic) bond motifs is 1. The van der Waals surface area contributed by atoms with Crippen molar-refractivity contribution in [1.29, 1.82) is 0 Å². The van der Waals surface area contributed by atoms with Gasteiger partial charge in [0.1, 0.15) is 11.3 Å². The fourth-order valence-electron chi connectivity index (χ4n) is 1.88. The number of halogens is 1. The third kappa shape index (κ3) is 2.00. The largest absolute Gasteiger partial charge is 0.452 e. The van der Waals surface area contributed by atoms with Crippen molar-refractivity contribution in [2.75, 3.05) is 0 Å². The van der Waals surface area contributed by atoms with Crippen LogP contribution < -0.4 is 0 Å². The highest BCUT2D eigenvalue weighted by atomic mass is 35.5. The Balaban J connectivity index is 2.12. The van der Waals surface area contributed by atoms with Gasteiger partial charge < -0.3 is 4.42 Å². The predicted octanol–water partition coefficient (Wildman–Crippen LogP) is 3.42. The van der Waals surface area contributed by atoms with Crippen LogP contribution in [0.2, 0.25) is 5.02 Å². The van der Waals surface area contributed by atoms with E-state index in [4.69, 9.17) is 16.0 Å². The molecule has 0 aliphatic rings. The Hall–Kier alpha value is -2.20. The number of rotatable bonds is 2. The molecule has 0 atom stereocenters. The van der Waals surface area contributed by atoms with E-state index in [1.54, 1.807) is 37.4 Å². The Kier molecular flexibility index (Phi) is 2.80. The molecule has 1 aromatic carbocycles. The first-order chi connectivity index (χ1) is 9.16. The number of carbonyl (C=O) groups excluding carboxylic acids is 1. The van der Waals surface area contributed by atoms with Gasteiger partial charge in [0.05, 0.1) is 10.7 Å². The van der Waals surface area contributed by atoms with Crippen LogP contribution in [0.1, 0.15) is 21.9 Å². The predicted molar refractivity (Wildman–Crippen MR) is 71.4 cm³/mol. The second-order valence-corrected chi connectivity index (χ2v) is 4.49. The summed E-state index contributed by atoms with van der Waals surface area (Å²) in [4.78, 5) is 20.4. The summed E-state index contributed by atoms with van der Waals surface area (Å²) in [5.41, 5.74) is 1.44. The normalized spacial score (nSPS) is 10.8. The van der Waals surface area contributed by atoms with E-state index in [1.807, 2.05) is 0 Å². The minimum Gasteiger partial charge on any atom is -0.452 e. The molecule has 2 aromatic heterocycles. The molecule has 0 bridgehead atoms. The highest BCUT2D eigenvalue weighted by Gasteiger charge is 2.19. The first kappa shape index (κ1) is 11.9. The van der Waals surface area contributed by atoms with E-state index >= 15 is 0 Å². The molecule has 2 heterocycles. The lowest BCUT2D eigenvalue weighted by Gasteiger charge is -1.98. The molecule has 3 aromatic rings. The average Bonchev–Trinajstić information content (AvgIpc) is 2.84. The summed E-state index contributed by atoms with van der Waals surface area (Å²) in [6, 6.07) is 6.92. The SMILES string of the molecule is Cc1nccnc1C(=O)c1cc2c(Cl)cccc2o1. The lowest BCUT2D eigenvalue weighted by molar-refractivity contribution is 0.101. The van der Waals surface area contributed by atoms with Crippen LogP contribution in [0.15, 0.2) is 41.1 Å². The molecule has 94 valence electrons. The lowest BCUT2D eigenvalue weighted by atomic mass is 10.1. The second-order valence-electron chi connectivity index (χ2n) is 4.08. The van der Waals surface area contributed by atoms with Crippen molar-refractivity contribution in [1.82, 2.24) is 9.97 Å². The van der Waals surface area contributed by atoms with Gasteiger partial charge in [0.25, 0.3) is 0 Å². The molecule has 0 fully saturated rings. The highest BCUT2D eigenvalue weighted by Crippen LogP contribution is 2.27. The van der Waals surface area contributed by atoms with Gasteiger partial charge in [0.15, 0.2) is 5.76 Å². The highest BCUT2D eigenvalue weighted by molar-refractivity contribution is 6.35. The summed E-state index contributed by atoms with van der Waals surface area (Å²) in [7, 11) is 0. The van der Waals surface area contributed by atoms with E-state index in [1.165, 1.54) is 6.20 Å². The Morgan fingerprint density at radius 3 is 2.79 bits per heavy atom. The van der Waals surface area contributed by atoms with Crippen LogP contribution in [0.25, 0.3) is 11.0 Å². The molecule has 0 N–H and O–H groups in total. The number of furan rings is 1. The maximum atomic E-state index is 12.3. The zero-order valence-electron chi connectivity index (χ0n) is 10.1. The quantitative estimate of drug-likeness (QED) is 0.671. The number of aromatic nitrogens is 2. The summed E-state index contributed by atoms with van der Waals surface area (Å²) in [6.45, 7) is 1.73. The molecule has 3 rings (SSSR count). The van der Waals surface area contributed by atoms with Gasteiger partial charge in [0, 0.05) is 17.8 Å². The third-order valence-electron chi connectivity index (χ3n) is 2.83. The number of ketones is 1. The summed E-state index contributed by atoms with van der Waals surface area (Å²) in [5.74, 6) is -0.0791. The molecule has 0 amide bonds. The summed E-state index contributed by atoms with van der Waals surface area (Å²) in [5, 5.41) is 1.27. The molecule has 0 spiro atoms.